The Labute approximate surface area is 128 Å². The standard InChI is InChI=1S/C17H16N2O3/c1-9-2-3-10(8-18)6-13(9)19-16(20)14-11-4-5-12(7-11)15(14)17(21)22/h2-6,11-12,14-15H,7H2,1H3,(H,19,20)(H,21,22). The quantitative estimate of drug-likeness (QED) is 0.838. The SMILES string of the molecule is Cc1ccc(C#N)cc1NC(=O)C1C2C=CC(C2)C1C(=O)O. The smallest absolute Gasteiger partial charge is 0.307 e. The van der Waals surface area contributed by atoms with Gasteiger partial charge in [0.05, 0.1) is 23.5 Å². The number of carbonyl (C=O) groups is 2. The van der Waals surface area contributed by atoms with Gasteiger partial charge in [0.15, 0.2) is 0 Å². The van der Waals surface area contributed by atoms with Crippen molar-refractivity contribution in [1.29, 1.82) is 5.26 Å². The molecule has 1 fully saturated rings. The van der Waals surface area contributed by atoms with Crippen molar-refractivity contribution in [2.45, 2.75) is 13.3 Å². The van der Waals surface area contributed by atoms with Gasteiger partial charge in [-0.1, -0.05) is 18.2 Å². The number of nitriles is 1. The molecule has 1 saturated carbocycles. The Morgan fingerprint density at radius 3 is 2.59 bits per heavy atom. The van der Waals surface area contributed by atoms with Crippen molar-refractivity contribution in [3.05, 3.63) is 41.5 Å². The summed E-state index contributed by atoms with van der Waals surface area (Å²) in [6.45, 7) is 1.84. The van der Waals surface area contributed by atoms with E-state index in [4.69, 9.17) is 5.26 Å². The van der Waals surface area contributed by atoms with Crippen molar-refractivity contribution < 1.29 is 14.7 Å². The molecule has 2 bridgehead atoms. The third kappa shape index (κ3) is 2.27. The molecule has 5 nitrogen and oxygen atoms in total. The number of carboxylic acids is 1. The molecule has 2 aliphatic carbocycles. The van der Waals surface area contributed by atoms with Crippen LogP contribution >= 0.6 is 0 Å². The average molecular weight is 296 g/mol. The number of carboxylic acid groups (broad SMARTS) is 1. The summed E-state index contributed by atoms with van der Waals surface area (Å²) < 4.78 is 0. The molecule has 3 rings (SSSR count). The van der Waals surface area contributed by atoms with Crippen LogP contribution in [0.5, 0.6) is 0 Å². The molecule has 1 amide bonds. The van der Waals surface area contributed by atoms with Gasteiger partial charge >= 0.3 is 5.97 Å². The number of nitrogens with zero attached hydrogens (tertiary/aromatic N) is 1. The van der Waals surface area contributed by atoms with Gasteiger partial charge in [-0.15, -0.1) is 0 Å². The van der Waals surface area contributed by atoms with E-state index >= 15 is 0 Å². The highest BCUT2D eigenvalue weighted by Gasteiger charge is 2.51. The van der Waals surface area contributed by atoms with E-state index in [1.165, 1.54) is 0 Å². The Balaban J connectivity index is 1.85. The number of fused-ring (bicyclic) bond motifs is 2. The predicted molar refractivity (Wildman–Crippen MR) is 79.9 cm³/mol. The van der Waals surface area contributed by atoms with Crippen molar-refractivity contribution in [3.8, 4) is 6.07 Å². The molecule has 1 aromatic carbocycles. The van der Waals surface area contributed by atoms with Gasteiger partial charge in [-0.2, -0.15) is 5.26 Å². The van der Waals surface area contributed by atoms with Gasteiger partial charge in [0, 0.05) is 5.69 Å². The number of hydrogen-bond acceptors (Lipinski definition) is 3. The number of allylic oxidation sites excluding steroid dienone is 2. The summed E-state index contributed by atoms with van der Waals surface area (Å²) in [5.74, 6) is -2.45. The van der Waals surface area contributed by atoms with Crippen LogP contribution < -0.4 is 5.32 Å². The molecule has 1 aromatic rings. The summed E-state index contributed by atoms with van der Waals surface area (Å²) in [5.41, 5.74) is 1.88. The van der Waals surface area contributed by atoms with Crippen LogP contribution in [0.3, 0.4) is 0 Å². The number of carbonyl (C=O) groups excluding carboxylic acids is 1. The van der Waals surface area contributed by atoms with Crippen LogP contribution in [-0.4, -0.2) is 17.0 Å². The van der Waals surface area contributed by atoms with E-state index in [1.54, 1.807) is 18.2 Å². The second-order valence-electron chi connectivity index (χ2n) is 5.97. The van der Waals surface area contributed by atoms with Gasteiger partial charge < -0.3 is 10.4 Å². The fourth-order valence-electron chi connectivity index (χ4n) is 3.56. The third-order valence-electron chi connectivity index (χ3n) is 4.67. The van der Waals surface area contributed by atoms with Gasteiger partial charge in [-0.25, -0.2) is 0 Å². The second kappa shape index (κ2) is 5.30. The number of amides is 1. The van der Waals surface area contributed by atoms with Crippen LogP contribution in [0.4, 0.5) is 5.69 Å². The Kier molecular flexibility index (Phi) is 3.45. The van der Waals surface area contributed by atoms with Crippen molar-refractivity contribution in [2.24, 2.45) is 23.7 Å². The number of benzene rings is 1. The van der Waals surface area contributed by atoms with E-state index in [9.17, 15) is 14.7 Å². The fourth-order valence-corrected chi connectivity index (χ4v) is 3.56. The molecule has 0 saturated heterocycles. The minimum absolute atomic E-state index is 0.00874. The van der Waals surface area contributed by atoms with E-state index in [0.29, 0.717) is 11.3 Å². The maximum Gasteiger partial charge on any atom is 0.307 e. The van der Waals surface area contributed by atoms with Gasteiger partial charge in [0.1, 0.15) is 0 Å². The topological polar surface area (TPSA) is 90.2 Å². The summed E-state index contributed by atoms with van der Waals surface area (Å²) in [4.78, 5) is 24.0. The molecule has 0 spiro atoms. The van der Waals surface area contributed by atoms with Crippen LogP contribution in [0.15, 0.2) is 30.4 Å². The van der Waals surface area contributed by atoms with Crippen molar-refractivity contribution >= 4 is 17.6 Å². The van der Waals surface area contributed by atoms with Crippen LogP contribution in [0, 0.1) is 41.9 Å². The second-order valence-corrected chi connectivity index (χ2v) is 5.97. The molecule has 5 heteroatoms. The highest BCUT2D eigenvalue weighted by molar-refractivity contribution is 5.97. The lowest BCUT2D eigenvalue weighted by Crippen LogP contribution is -2.36. The maximum absolute atomic E-state index is 12.6. The molecule has 2 N–H and O–H groups in total. The average Bonchev–Trinajstić information content (AvgIpc) is 3.10. The van der Waals surface area contributed by atoms with Crippen LogP contribution in [0.1, 0.15) is 17.5 Å². The lowest BCUT2D eigenvalue weighted by molar-refractivity contribution is -0.146. The van der Waals surface area contributed by atoms with E-state index < -0.39 is 17.8 Å². The highest BCUT2D eigenvalue weighted by atomic mass is 16.4. The molecular weight excluding hydrogens is 280 g/mol. The minimum atomic E-state index is -0.917. The first-order chi connectivity index (χ1) is 10.5. The molecule has 22 heavy (non-hydrogen) atoms. The zero-order valence-electron chi connectivity index (χ0n) is 12.1. The molecule has 0 radical (unpaired) electrons. The normalized spacial score (nSPS) is 28.4. The highest BCUT2D eigenvalue weighted by Crippen LogP contribution is 2.48. The molecule has 0 heterocycles. The minimum Gasteiger partial charge on any atom is -0.481 e. The summed E-state index contributed by atoms with van der Waals surface area (Å²) in [6.07, 6.45) is 4.59. The molecule has 112 valence electrons. The first-order valence-corrected chi connectivity index (χ1v) is 7.24. The number of rotatable bonds is 3. The van der Waals surface area contributed by atoms with E-state index in [0.717, 1.165) is 12.0 Å². The van der Waals surface area contributed by atoms with Crippen LogP contribution in [-0.2, 0) is 9.59 Å². The van der Waals surface area contributed by atoms with Crippen molar-refractivity contribution in [1.82, 2.24) is 0 Å². The monoisotopic (exact) mass is 296 g/mol. The van der Waals surface area contributed by atoms with E-state index in [2.05, 4.69) is 5.32 Å². The van der Waals surface area contributed by atoms with Crippen molar-refractivity contribution in [2.75, 3.05) is 5.32 Å². The number of hydrogen-bond donors (Lipinski definition) is 2. The first kappa shape index (κ1) is 14.3. The Morgan fingerprint density at radius 2 is 1.95 bits per heavy atom. The summed E-state index contributed by atoms with van der Waals surface area (Å²) in [7, 11) is 0. The molecule has 0 aromatic heterocycles. The molecule has 0 aliphatic heterocycles. The fraction of sp³-hybridized carbons (Fsp3) is 0.353. The molecule has 4 atom stereocenters. The predicted octanol–water partition coefficient (Wildman–Crippen LogP) is 2.33. The summed E-state index contributed by atoms with van der Waals surface area (Å²) in [6, 6.07) is 7.11. The van der Waals surface area contributed by atoms with Gasteiger partial charge in [-0.05, 0) is 42.9 Å². The zero-order valence-corrected chi connectivity index (χ0v) is 12.1. The Morgan fingerprint density at radius 1 is 1.27 bits per heavy atom. The van der Waals surface area contributed by atoms with E-state index in [1.807, 2.05) is 25.1 Å². The van der Waals surface area contributed by atoms with E-state index in [-0.39, 0.29) is 17.7 Å². The lowest BCUT2D eigenvalue weighted by atomic mass is 9.82. The molecule has 2 aliphatic rings. The van der Waals surface area contributed by atoms with Crippen molar-refractivity contribution in [3.63, 3.8) is 0 Å². The Bertz CT molecular complexity index is 717. The summed E-state index contributed by atoms with van der Waals surface area (Å²) in [5, 5.41) is 21.2. The third-order valence-corrected chi connectivity index (χ3v) is 4.67. The lowest BCUT2D eigenvalue weighted by Gasteiger charge is -2.24. The number of aliphatic carboxylic acids is 1. The summed E-state index contributed by atoms with van der Waals surface area (Å²) >= 11 is 0. The first-order valence-electron chi connectivity index (χ1n) is 7.24. The van der Waals surface area contributed by atoms with Gasteiger partial charge in [-0.3, -0.25) is 9.59 Å². The van der Waals surface area contributed by atoms with Gasteiger partial charge in [0.25, 0.3) is 0 Å². The van der Waals surface area contributed by atoms with Crippen LogP contribution in [0.2, 0.25) is 0 Å². The van der Waals surface area contributed by atoms with Gasteiger partial charge in [0.2, 0.25) is 5.91 Å². The number of nitrogens with one attached hydrogen (secondary N) is 1. The number of aryl methyl sites for hydroxylation is 1. The largest absolute Gasteiger partial charge is 0.481 e. The number of anilines is 1. The molecular formula is C17H16N2O3. The molecule has 4 unspecified atom stereocenters. The zero-order chi connectivity index (χ0) is 15.9. The Hall–Kier alpha value is -2.61. The maximum atomic E-state index is 12.6. The van der Waals surface area contributed by atoms with Crippen LogP contribution in [0.25, 0.3) is 0 Å².